The van der Waals surface area contributed by atoms with Gasteiger partial charge < -0.3 is 10.6 Å². The molecule has 2 rings (SSSR count). The molecule has 2 N–H and O–H groups in total. The van der Waals surface area contributed by atoms with E-state index in [1.807, 2.05) is 12.3 Å². The van der Waals surface area contributed by atoms with Crippen molar-refractivity contribution in [1.29, 1.82) is 0 Å². The number of hydrogen-bond acceptors (Lipinski definition) is 5. The molecule has 1 saturated carbocycles. The molecule has 1 aromatic rings. The largest absolute Gasteiger partial charge is 0.370 e. The van der Waals surface area contributed by atoms with Crippen LogP contribution >= 0.6 is 11.8 Å². The van der Waals surface area contributed by atoms with E-state index in [0.29, 0.717) is 6.04 Å². The molecule has 0 radical (unpaired) electrons. The number of anilines is 2. The molecule has 0 saturated heterocycles. The lowest BCUT2D eigenvalue weighted by molar-refractivity contribution is 0.554. The fourth-order valence-electron chi connectivity index (χ4n) is 2.48. The van der Waals surface area contributed by atoms with Gasteiger partial charge in [-0.2, -0.15) is 0 Å². The van der Waals surface area contributed by atoms with E-state index in [4.69, 9.17) is 0 Å². The molecule has 106 valence electrons. The maximum Gasteiger partial charge on any atom is 0.191 e. The Morgan fingerprint density at radius 3 is 2.74 bits per heavy atom. The van der Waals surface area contributed by atoms with Gasteiger partial charge in [-0.3, -0.25) is 0 Å². The van der Waals surface area contributed by atoms with Crippen molar-refractivity contribution in [3.8, 4) is 0 Å². The van der Waals surface area contributed by atoms with Crippen molar-refractivity contribution in [2.45, 2.75) is 50.7 Å². The predicted molar refractivity (Wildman–Crippen MR) is 83.0 cm³/mol. The summed E-state index contributed by atoms with van der Waals surface area (Å²) in [6.45, 7) is 5.42. The second-order valence-electron chi connectivity index (χ2n) is 5.21. The highest BCUT2D eigenvalue weighted by Crippen LogP contribution is 2.28. The summed E-state index contributed by atoms with van der Waals surface area (Å²) in [4.78, 5) is 9.04. The summed E-state index contributed by atoms with van der Waals surface area (Å²) in [6, 6.07) is 2.59. The summed E-state index contributed by atoms with van der Waals surface area (Å²) in [5, 5.41) is 7.75. The van der Waals surface area contributed by atoms with Crippen molar-refractivity contribution >= 4 is 23.4 Å². The zero-order valence-corrected chi connectivity index (χ0v) is 12.9. The predicted octanol–water partition coefficient (Wildman–Crippen LogP) is 3.62. The Bertz CT molecular complexity index is 410. The van der Waals surface area contributed by atoms with Crippen LogP contribution in [0.3, 0.4) is 0 Å². The Balaban J connectivity index is 2.09. The van der Waals surface area contributed by atoms with Gasteiger partial charge in [-0.05, 0) is 31.4 Å². The minimum absolute atomic E-state index is 0.559. The van der Waals surface area contributed by atoms with Crippen molar-refractivity contribution in [3.05, 3.63) is 6.07 Å². The highest BCUT2D eigenvalue weighted by atomic mass is 32.2. The third-order valence-electron chi connectivity index (χ3n) is 3.64. The highest BCUT2D eigenvalue weighted by Gasteiger charge is 2.23. The van der Waals surface area contributed by atoms with Crippen molar-refractivity contribution in [1.82, 2.24) is 9.97 Å². The second-order valence-corrected chi connectivity index (χ2v) is 5.98. The number of nitrogens with one attached hydrogen (secondary N) is 2. The molecule has 1 fully saturated rings. The van der Waals surface area contributed by atoms with Crippen molar-refractivity contribution in [2.75, 3.05) is 23.4 Å². The maximum absolute atomic E-state index is 4.56. The van der Waals surface area contributed by atoms with Crippen LogP contribution < -0.4 is 10.6 Å². The fourth-order valence-corrected chi connectivity index (χ4v) is 2.86. The van der Waals surface area contributed by atoms with E-state index in [9.17, 15) is 0 Å². The quantitative estimate of drug-likeness (QED) is 0.615. The average Bonchev–Trinajstić information content (AvgIpc) is 2.81. The van der Waals surface area contributed by atoms with Crippen molar-refractivity contribution in [3.63, 3.8) is 0 Å². The normalized spacial score (nSPS) is 22.5. The summed E-state index contributed by atoms with van der Waals surface area (Å²) in [5.41, 5.74) is 0. The van der Waals surface area contributed by atoms with E-state index in [1.54, 1.807) is 11.8 Å². The molecule has 0 aliphatic heterocycles. The smallest absolute Gasteiger partial charge is 0.191 e. The first-order chi connectivity index (χ1) is 9.22. The lowest BCUT2D eigenvalue weighted by atomic mass is 10.1. The first-order valence-corrected chi connectivity index (χ1v) is 8.39. The van der Waals surface area contributed by atoms with Crippen LogP contribution in [0.4, 0.5) is 11.6 Å². The van der Waals surface area contributed by atoms with E-state index in [2.05, 4.69) is 34.4 Å². The Kier molecular flexibility index (Phi) is 5.31. The van der Waals surface area contributed by atoms with Crippen LogP contribution in [0, 0.1) is 5.92 Å². The second kappa shape index (κ2) is 6.98. The molecular weight excluding hydrogens is 256 g/mol. The zero-order chi connectivity index (χ0) is 13.7. The highest BCUT2D eigenvalue weighted by molar-refractivity contribution is 7.98. The maximum atomic E-state index is 4.56. The van der Waals surface area contributed by atoms with Gasteiger partial charge in [0.15, 0.2) is 5.16 Å². The number of hydrogen-bond donors (Lipinski definition) is 2. The minimum Gasteiger partial charge on any atom is -0.370 e. The minimum atomic E-state index is 0.559. The molecule has 1 heterocycles. The van der Waals surface area contributed by atoms with Gasteiger partial charge in [-0.15, -0.1) is 0 Å². The Morgan fingerprint density at radius 1 is 1.32 bits per heavy atom. The SMILES string of the molecule is CCCNc1cc(NC2CCCC2C)nc(SC)n1. The van der Waals surface area contributed by atoms with E-state index >= 15 is 0 Å². The van der Waals surface area contributed by atoms with Crippen LogP contribution in [-0.4, -0.2) is 28.8 Å². The van der Waals surface area contributed by atoms with Gasteiger partial charge in [0.05, 0.1) is 0 Å². The molecule has 4 nitrogen and oxygen atoms in total. The van der Waals surface area contributed by atoms with Crippen molar-refractivity contribution < 1.29 is 0 Å². The molecule has 2 unspecified atom stereocenters. The van der Waals surface area contributed by atoms with Crippen LogP contribution in [0.15, 0.2) is 11.2 Å². The van der Waals surface area contributed by atoms with Gasteiger partial charge in [0.2, 0.25) is 0 Å². The van der Waals surface area contributed by atoms with Gasteiger partial charge >= 0.3 is 0 Å². The van der Waals surface area contributed by atoms with E-state index in [0.717, 1.165) is 35.7 Å². The molecule has 0 spiro atoms. The number of thioether (sulfide) groups is 1. The standard InChI is InChI=1S/C14H24N4S/c1-4-8-15-12-9-13(18-14(17-12)19-3)16-11-7-5-6-10(11)2/h9-11H,4-8H2,1-3H3,(H2,15,16,17,18). The first-order valence-electron chi connectivity index (χ1n) is 7.16. The van der Waals surface area contributed by atoms with Crippen LogP contribution in [0.2, 0.25) is 0 Å². The molecule has 0 aromatic carbocycles. The van der Waals surface area contributed by atoms with E-state index in [1.165, 1.54) is 19.3 Å². The molecule has 1 aromatic heterocycles. The summed E-state index contributed by atoms with van der Waals surface area (Å²) < 4.78 is 0. The third kappa shape index (κ3) is 4.00. The van der Waals surface area contributed by atoms with Gasteiger partial charge in [-0.25, -0.2) is 9.97 Å². The number of rotatable bonds is 6. The molecule has 5 heteroatoms. The number of nitrogens with zero attached hydrogens (tertiary/aromatic N) is 2. The van der Waals surface area contributed by atoms with Gasteiger partial charge in [0.1, 0.15) is 11.6 Å². The topological polar surface area (TPSA) is 49.8 Å². The van der Waals surface area contributed by atoms with Crippen molar-refractivity contribution in [2.24, 2.45) is 5.92 Å². The van der Waals surface area contributed by atoms with Crippen LogP contribution in [0.1, 0.15) is 39.5 Å². The summed E-state index contributed by atoms with van der Waals surface area (Å²) >= 11 is 1.59. The van der Waals surface area contributed by atoms with Gasteiger partial charge in [-0.1, -0.05) is 32.0 Å². The molecule has 0 bridgehead atoms. The molecule has 1 aliphatic rings. The van der Waals surface area contributed by atoms with Crippen LogP contribution in [0.5, 0.6) is 0 Å². The molecule has 2 atom stereocenters. The van der Waals surface area contributed by atoms with Crippen LogP contribution in [-0.2, 0) is 0 Å². The molecule has 0 amide bonds. The molecule has 19 heavy (non-hydrogen) atoms. The Morgan fingerprint density at radius 2 is 2.11 bits per heavy atom. The Labute approximate surface area is 120 Å². The van der Waals surface area contributed by atoms with Gasteiger partial charge in [0.25, 0.3) is 0 Å². The third-order valence-corrected chi connectivity index (χ3v) is 4.19. The van der Waals surface area contributed by atoms with Crippen LogP contribution in [0.25, 0.3) is 0 Å². The van der Waals surface area contributed by atoms with E-state index in [-0.39, 0.29) is 0 Å². The Hall–Kier alpha value is -0.970. The average molecular weight is 280 g/mol. The van der Waals surface area contributed by atoms with E-state index < -0.39 is 0 Å². The molecular formula is C14H24N4S. The molecule has 1 aliphatic carbocycles. The summed E-state index contributed by atoms with van der Waals surface area (Å²) in [7, 11) is 0. The first kappa shape index (κ1) is 14.4. The monoisotopic (exact) mass is 280 g/mol. The fraction of sp³-hybridized carbons (Fsp3) is 0.714. The summed E-state index contributed by atoms with van der Waals surface area (Å²) in [6.07, 6.45) is 7.00. The van der Waals surface area contributed by atoms with Gasteiger partial charge in [0, 0.05) is 18.7 Å². The lowest BCUT2D eigenvalue weighted by Crippen LogP contribution is -2.22. The number of aromatic nitrogens is 2. The summed E-state index contributed by atoms with van der Waals surface area (Å²) in [5.74, 6) is 2.62. The zero-order valence-electron chi connectivity index (χ0n) is 12.1. The lowest BCUT2D eigenvalue weighted by Gasteiger charge is -2.18.